The van der Waals surface area contributed by atoms with E-state index in [0.717, 1.165) is 6.54 Å². The van der Waals surface area contributed by atoms with Crippen LogP contribution < -0.4 is 5.73 Å². The van der Waals surface area contributed by atoms with Crippen molar-refractivity contribution >= 4 is 0 Å². The molecule has 0 aromatic rings. The smallest absolute Gasteiger partial charge is 0.0736 e. The van der Waals surface area contributed by atoms with Gasteiger partial charge in [0.05, 0.1) is 18.2 Å². The molecule has 0 rings (SSSR count). The molecule has 2 N–H and O–H groups in total. The number of rotatable bonds is 8. The zero-order chi connectivity index (χ0) is 12.8. The summed E-state index contributed by atoms with van der Waals surface area (Å²) in [7, 11) is 3.45. The van der Waals surface area contributed by atoms with Crippen molar-refractivity contribution in [2.24, 2.45) is 5.73 Å². The lowest BCUT2D eigenvalue weighted by atomic mass is 9.92. The molecule has 0 bridgehead atoms. The van der Waals surface area contributed by atoms with E-state index in [-0.39, 0.29) is 11.6 Å². The highest BCUT2D eigenvalue weighted by Gasteiger charge is 2.37. The Morgan fingerprint density at radius 1 is 1.25 bits per heavy atom. The summed E-state index contributed by atoms with van der Waals surface area (Å²) in [5.74, 6) is 0. The van der Waals surface area contributed by atoms with Gasteiger partial charge in [-0.3, -0.25) is 4.90 Å². The van der Waals surface area contributed by atoms with Crippen molar-refractivity contribution in [1.82, 2.24) is 4.90 Å². The van der Waals surface area contributed by atoms with Crippen molar-refractivity contribution in [3.8, 4) is 0 Å². The van der Waals surface area contributed by atoms with E-state index in [9.17, 15) is 0 Å². The molecule has 98 valence electrons. The lowest BCUT2D eigenvalue weighted by molar-refractivity contribution is -0.0526. The molecule has 0 radical (unpaired) electrons. The third-order valence-electron chi connectivity index (χ3n) is 3.46. The van der Waals surface area contributed by atoms with Gasteiger partial charge in [0, 0.05) is 33.4 Å². The molecule has 0 aliphatic rings. The van der Waals surface area contributed by atoms with Crippen LogP contribution in [0.1, 0.15) is 27.7 Å². The molecule has 0 amide bonds. The Morgan fingerprint density at radius 3 is 2.12 bits per heavy atom. The van der Waals surface area contributed by atoms with Crippen LogP contribution in [0.5, 0.6) is 0 Å². The Hall–Kier alpha value is -0.160. The molecule has 0 aliphatic heterocycles. The van der Waals surface area contributed by atoms with Gasteiger partial charge < -0.3 is 15.2 Å². The maximum absolute atomic E-state index is 5.93. The lowest BCUT2D eigenvalue weighted by Gasteiger charge is -2.46. The summed E-state index contributed by atoms with van der Waals surface area (Å²) in [5.41, 5.74) is 5.78. The second-order valence-corrected chi connectivity index (χ2v) is 4.72. The SMILES string of the molecule is COCCN(C(C)C)C(C)(CN)C(C)OC. The van der Waals surface area contributed by atoms with Gasteiger partial charge in [0.1, 0.15) is 0 Å². The largest absolute Gasteiger partial charge is 0.383 e. The van der Waals surface area contributed by atoms with Gasteiger partial charge in [-0.05, 0) is 27.7 Å². The third-order valence-corrected chi connectivity index (χ3v) is 3.46. The summed E-state index contributed by atoms with van der Waals surface area (Å²) in [4.78, 5) is 2.35. The highest BCUT2D eigenvalue weighted by Crippen LogP contribution is 2.23. The summed E-state index contributed by atoms with van der Waals surface area (Å²) in [6.45, 7) is 10.7. The fourth-order valence-corrected chi connectivity index (χ4v) is 2.06. The first kappa shape index (κ1) is 15.8. The van der Waals surface area contributed by atoms with E-state index >= 15 is 0 Å². The van der Waals surface area contributed by atoms with Gasteiger partial charge in [-0.15, -0.1) is 0 Å². The van der Waals surface area contributed by atoms with Crippen LogP contribution in [-0.4, -0.2) is 56.5 Å². The number of hydrogen-bond acceptors (Lipinski definition) is 4. The van der Waals surface area contributed by atoms with Crippen LogP contribution >= 0.6 is 0 Å². The molecule has 16 heavy (non-hydrogen) atoms. The minimum atomic E-state index is -0.151. The molecule has 2 atom stereocenters. The number of methoxy groups -OCH3 is 2. The van der Waals surface area contributed by atoms with Crippen molar-refractivity contribution in [3.05, 3.63) is 0 Å². The zero-order valence-corrected chi connectivity index (χ0v) is 11.6. The van der Waals surface area contributed by atoms with Crippen molar-refractivity contribution in [2.45, 2.75) is 45.4 Å². The molecule has 0 aromatic heterocycles. The molecule has 4 nitrogen and oxygen atoms in total. The molecular weight excluding hydrogens is 204 g/mol. The molecule has 0 heterocycles. The van der Waals surface area contributed by atoms with Crippen LogP contribution in [0.4, 0.5) is 0 Å². The molecule has 4 heteroatoms. The maximum atomic E-state index is 5.93. The van der Waals surface area contributed by atoms with Crippen LogP contribution in [0.25, 0.3) is 0 Å². The Labute approximate surface area is 100 Å². The summed E-state index contributed by atoms with van der Waals surface area (Å²) < 4.78 is 10.6. The minimum Gasteiger partial charge on any atom is -0.383 e. The topological polar surface area (TPSA) is 47.7 Å². The van der Waals surface area contributed by atoms with Crippen LogP contribution in [-0.2, 0) is 9.47 Å². The standard InChI is InChI=1S/C12H28N2O2/c1-10(2)14(7-8-15-5)12(4,9-13)11(3)16-6/h10-11H,7-9,13H2,1-6H3. The predicted molar refractivity (Wildman–Crippen MR) is 67.6 cm³/mol. The first-order valence-electron chi connectivity index (χ1n) is 5.92. The predicted octanol–water partition coefficient (Wildman–Crippen LogP) is 1.10. The number of hydrogen-bond donors (Lipinski definition) is 1. The molecule has 0 aliphatic carbocycles. The Bertz CT molecular complexity index is 188. The molecule has 2 unspecified atom stereocenters. The summed E-state index contributed by atoms with van der Waals surface area (Å²) in [6, 6.07) is 0.418. The van der Waals surface area contributed by atoms with Crippen molar-refractivity contribution in [1.29, 1.82) is 0 Å². The number of nitrogens with zero attached hydrogens (tertiary/aromatic N) is 1. The van der Waals surface area contributed by atoms with Gasteiger partial charge in [-0.25, -0.2) is 0 Å². The van der Waals surface area contributed by atoms with Gasteiger partial charge >= 0.3 is 0 Å². The number of ether oxygens (including phenoxy) is 2. The average Bonchev–Trinajstić information content (AvgIpc) is 2.27. The van der Waals surface area contributed by atoms with E-state index in [1.54, 1.807) is 14.2 Å². The van der Waals surface area contributed by atoms with Crippen molar-refractivity contribution < 1.29 is 9.47 Å². The Balaban J connectivity index is 4.81. The fourth-order valence-electron chi connectivity index (χ4n) is 2.06. The third kappa shape index (κ3) is 3.70. The first-order valence-corrected chi connectivity index (χ1v) is 5.92. The van der Waals surface area contributed by atoms with Crippen LogP contribution in [0.3, 0.4) is 0 Å². The van der Waals surface area contributed by atoms with Crippen LogP contribution in [0.2, 0.25) is 0 Å². The molecule has 0 aromatic carbocycles. The van der Waals surface area contributed by atoms with Gasteiger partial charge in [-0.1, -0.05) is 0 Å². The lowest BCUT2D eigenvalue weighted by Crippen LogP contribution is -2.61. The van der Waals surface area contributed by atoms with Crippen LogP contribution in [0.15, 0.2) is 0 Å². The molecule has 0 fully saturated rings. The summed E-state index contributed by atoms with van der Waals surface area (Å²) >= 11 is 0. The van der Waals surface area contributed by atoms with E-state index in [4.69, 9.17) is 15.2 Å². The second kappa shape index (κ2) is 7.22. The molecule has 0 saturated heterocycles. The van der Waals surface area contributed by atoms with Gasteiger partial charge in [0.15, 0.2) is 0 Å². The highest BCUT2D eigenvalue weighted by atomic mass is 16.5. The first-order chi connectivity index (χ1) is 7.43. The quantitative estimate of drug-likeness (QED) is 0.681. The van der Waals surface area contributed by atoms with Crippen molar-refractivity contribution in [3.63, 3.8) is 0 Å². The fraction of sp³-hybridized carbons (Fsp3) is 1.00. The normalized spacial score (nSPS) is 17.8. The highest BCUT2D eigenvalue weighted by molar-refractivity contribution is 4.94. The van der Waals surface area contributed by atoms with E-state index in [1.807, 2.05) is 0 Å². The summed E-state index contributed by atoms with van der Waals surface area (Å²) in [6.07, 6.45) is 0.0942. The van der Waals surface area contributed by atoms with Gasteiger partial charge in [-0.2, -0.15) is 0 Å². The average molecular weight is 232 g/mol. The zero-order valence-electron chi connectivity index (χ0n) is 11.6. The maximum Gasteiger partial charge on any atom is 0.0736 e. The van der Waals surface area contributed by atoms with E-state index in [0.29, 0.717) is 19.2 Å². The van der Waals surface area contributed by atoms with Gasteiger partial charge in [0.25, 0.3) is 0 Å². The van der Waals surface area contributed by atoms with E-state index < -0.39 is 0 Å². The number of nitrogens with two attached hydrogens (primary N) is 1. The molecular formula is C12H28N2O2. The van der Waals surface area contributed by atoms with E-state index in [1.165, 1.54) is 0 Å². The monoisotopic (exact) mass is 232 g/mol. The Morgan fingerprint density at radius 2 is 1.81 bits per heavy atom. The summed E-state index contributed by atoms with van der Waals surface area (Å²) in [5, 5.41) is 0. The minimum absolute atomic E-state index is 0.0942. The van der Waals surface area contributed by atoms with Gasteiger partial charge in [0.2, 0.25) is 0 Å². The van der Waals surface area contributed by atoms with E-state index in [2.05, 4.69) is 32.6 Å². The Kier molecular flexibility index (Phi) is 7.15. The second-order valence-electron chi connectivity index (χ2n) is 4.72. The van der Waals surface area contributed by atoms with Crippen LogP contribution in [0, 0.1) is 0 Å². The van der Waals surface area contributed by atoms with Crippen molar-refractivity contribution in [2.75, 3.05) is 33.9 Å². The molecule has 0 saturated carbocycles. The molecule has 0 spiro atoms.